The van der Waals surface area contributed by atoms with Gasteiger partial charge in [0.15, 0.2) is 0 Å². The molecule has 0 saturated carbocycles. The molecule has 0 unspecified atom stereocenters. The maximum absolute atomic E-state index is 5.58. The van der Waals surface area contributed by atoms with Gasteiger partial charge in [-0.2, -0.15) is 16.7 Å². The van der Waals surface area contributed by atoms with Crippen LogP contribution in [0, 0.1) is 0 Å². The summed E-state index contributed by atoms with van der Waals surface area (Å²) in [5, 5.41) is 7.29. The van der Waals surface area contributed by atoms with Crippen LogP contribution in [0.1, 0.15) is 30.4 Å². The number of rotatable bonds is 8. The third-order valence-corrected chi connectivity index (χ3v) is 5.45. The Morgan fingerprint density at radius 3 is 2.76 bits per heavy atom. The van der Waals surface area contributed by atoms with Gasteiger partial charge in [0, 0.05) is 31.6 Å². The molecule has 2 heterocycles. The smallest absolute Gasteiger partial charge is 0.241 e. The van der Waals surface area contributed by atoms with Gasteiger partial charge in [-0.3, -0.25) is 4.90 Å². The first-order chi connectivity index (χ1) is 12.2. The zero-order valence-electron chi connectivity index (χ0n) is 14.9. The van der Waals surface area contributed by atoms with Gasteiger partial charge in [0.05, 0.1) is 0 Å². The van der Waals surface area contributed by atoms with E-state index < -0.39 is 0 Å². The Morgan fingerprint density at radius 1 is 1.20 bits per heavy atom. The molecule has 1 fully saturated rings. The maximum Gasteiger partial charge on any atom is 0.241 e. The Morgan fingerprint density at radius 2 is 2.00 bits per heavy atom. The number of hydrogen-bond acceptors (Lipinski definition) is 6. The van der Waals surface area contributed by atoms with E-state index in [0.717, 1.165) is 30.5 Å². The molecule has 136 valence electrons. The van der Waals surface area contributed by atoms with E-state index in [4.69, 9.17) is 5.73 Å². The standard InChI is InChI=1S/C18H28N6S/c1-23-18(21-17(19)22-23)20-8-11-25-14-16-7-5-6-15(12-16)13-24-9-3-2-4-10-24/h5-7,12H,2-4,8-11,13-14H2,1H3,(H3,19,20,21,22). The van der Waals surface area contributed by atoms with Crippen LogP contribution in [0.4, 0.5) is 11.9 Å². The quantitative estimate of drug-likeness (QED) is 0.705. The highest BCUT2D eigenvalue weighted by Gasteiger charge is 2.10. The molecule has 1 aliphatic rings. The number of nitrogens with zero attached hydrogens (tertiary/aromatic N) is 4. The summed E-state index contributed by atoms with van der Waals surface area (Å²) in [5.41, 5.74) is 8.42. The third kappa shape index (κ3) is 5.64. The summed E-state index contributed by atoms with van der Waals surface area (Å²) >= 11 is 1.93. The molecule has 1 saturated heterocycles. The van der Waals surface area contributed by atoms with Crippen LogP contribution in [0.5, 0.6) is 0 Å². The molecule has 0 bridgehead atoms. The first-order valence-corrected chi connectivity index (χ1v) is 10.1. The summed E-state index contributed by atoms with van der Waals surface area (Å²) in [6.07, 6.45) is 4.08. The number of anilines is 2. The lowest BCUT2D eigenvalue weighted by molar-refractivity contribution is 0.221. The number of piperidine rings is 1. The minimum absolute atomic E-state index is 0.308. The summed E-state index contributed by atoms with van der Waals surface area (Å²) in [4.78, 5) is 6.71. The van der Waals surface area contributed by atoms with Crippen LogP contribution in [0.3, 0.4) is 0 Å². The van der Waals surface area contributed by atoms with Crippen molar-refractivity contribution in [3.63, 3.8) is 0 Å². The number of nitrogen functional groups attached to an aromatic ring is 1. The molecule has 0 amide bonds. The fourth-order valence-corrected chi connectivity index (χ4v) is 3.98. The van der Waals surface area contributed by atoms with E-state index >= 15 is 0 Å². The minimum atomic E-state index is 0.308. The zero-order valence-corrected chi connectivity index (χ0v) is 15.8. The molecule has 0 radical (unpaired) electrons. The number of benzene rings is 1. The van der Waals surface area contributed by atoms with Crippen LogP contribution in [0.2, 0.25) is 0 Å². The second-order valence-electron chi connectivity index (χ2n) is 6.55. The van der Waals surface area contributed by atoms with Crippen molar-refractivity contribution in [3.05, 3.63) is 35.4 Å². The summed E-state index contributed by atoms with van der Waals surface area (Å²) in [5.74, 6) is 3.09. The van der Waals surface area contributed by atoms with Gasteiger partial charge >= 0.3 is 0 Å². The molecule has 0 atom stereocenters. The Labute approximate surface area is 154 Å². The number of hydrogen-bond donors (Lipinski definition) is 2. The molecule has 0 spiro atoms. The Kier molecular flexibility index (Phi) is 6.58. The van der Waals surface area contributed by atoms with Gasteiger partial charge in [-0.15, -0.1) is 5.10 Å². The van der Waals surface area contributed by atoms with Crippen LogP contribution in [-0.2, 0) is 19.3 Å². The molecule has 7 heteroatoms. The van der Waals surface area contributed by atoms with Crippen LogP contribution >= 0.6 is 11.8 Å². The monoisotopic (exact) mass is 360 g/mol. The molecule has 0 aliphatic carbocycles. The SMILES string of the molecule is Cn1nc(N)nc1NCCSCc1cccc(CN2CCCCC2)c1. The van der Waals surface area contributed by atoms with Crippen molar-refractivity contribution >= 4 is 23.7 Å². The van der Waals surface area contributed by atoms with Gasteiger partial charge in [0.1, 0.15) is 0 Å². The van der Waals surface area contributed by atoms with Crippen molar-refractivity contribution in [1.82, 2.24) is 19.7 Å². The molecule has 1 aliphatic heterocycles. The van der Waals surface area contributed by atoms with Gasteiger partial charge in [0.2, 0.25) is 11.9 Å². The first-order valence-electron chi connectivity index (χ1n) is 8.99. The number of aryl methyl sites for hydroxylation is 1. The predicted octanol–water partition coefficient (Wildman–Crippen LogP) is 2.73. The van der Waals surface area contributed by atoms with Crippen molar-refractivity contribution < 1.29 is 0 Å². The average Bonchev–Trinajstić information content (AvgIpc) is 2.93. The van der Waals surface area contributed by atoms with E-state index in [1.54, 1.807) is 4.68 Å². The van der Waals surface area contributed by atoms with E-state index in [1.807, 2.05) is 18.8 Å². The lowest BCUT2D eigenvalue weighted by atomic mass is 10.1. The van der Waals surface area contributed by atoms with Crippen molar-refractivity contribution in [2.75, 3.05) is 36.4 Å². The van der Waals surface area contributed by atoms with Crippen molar-refractivity contribution in [2.24, 2.45) is 7.05 Å². The van der Waals surface area contributed by atoms with E-state index in [2.05, 4.69) is 44.6 Å². The second-order valence-corrected chi connectivity index (χ2v) is 7.66. The molecule has 1 aromatic carbocycles. The van der Waals surface area contributed by atoms with Crippen LogP contribution in [0.15, 0.2) is 24.3 Å². The van der Waals surface area contributed by atoms with Gasteiger partial charge in [-0.05, 0) is 37.1 Å². The largest absolute Gasteiger partial charge is 0.366 e. The molecule has 3 N–H and O–H groups in total. The van der Waals surface area contributed by atoms with Crippen LogP contribution in [-0.4, -0.2) is 45.1 Å². The Hall–Kier alpha value is -1.73. The van der Waals surface area contributed by atoms with Gasteiger partial charge in [0.25, 0.3) is 0 Å². The molecular weight excluding hydrogens is 332 g/mol. The normalized spacial score (nSPS) is 15.4. The highest BCUT2D eigenvalue weighted by atomic mass is 32.2. The molecule has 25 heavy (non-hydrogen) atoms. The minimum Gasteiger partial charge on any atom is -0.366 e. The topological polar surface area (TPSA) is 72.0 Å². The molecular formula is C18H28N6S. The van der Waals surface area contributed by atoms with Gasteiger partial charge in [-0.1, -0.05) is 30.7 Å². The number of likely N-dealkylation sites (tertiary alicyclic amines) is 1. The number of aromatic nitrogens is 3. The maximum atomic E-state index is 5.58. The Bertz CT molecular complexity index is 665. The fourth-order valence-electron chi connectivity index (χ4n) is 3.18. The number of nitrogens with two attached hydrogens (primary N) is 1. The van der Waals surface area contributed by atoms with Crippen molar-refractivity contribution in [2.45, 2.75) is 31.6 Å². The van der Waals surface area contributed by atoms with Crippen LogP contribution < -0.4 is 11.1 Å². The summed E-state index contributed by atoms with van der Waals surface area (Å²) in [6, 6.07) is 9.03. The molecule has 3 rings (SSSR count). The van der Waals surface area contributed by atoms with Gasteiger partial charge in [-0.25, -0.2) is 4.68 Å². The average molecular weight is 361 g/mol. The zero-order chi connectivity index (χ0) is 17.5. The second kappa shape index (κ2) is 9.10. The number of thioether (sulfide) groups is 1. The highest BCUT2D eigenvalue weighted by Crippen LogP contribution is 2.17. The predicted molar refractivity (Wildman–Crippen MR) is 106 cm³/mol. The first kappa shape index (κ1) is 18.1. The molecule has 2 aromatic rings. The summed E-state index contributed by atoms with van der Waals surface area (Å²) in [7, 11) is 1.84. The lowest BCUT2D eigenvalue weighted by Gasteiger charge is -2.26. The highest BCUT2D eigenvalue weighted by molar-refractivity contribution is 7.98. The van der Waals surface area contributed by atoms with E-state index in [-0.39, 0.29) is 0 Å². The van der Waals surface area contributed by atoms with E-state index in [9.17, 15) is 0 Å². The third-order valence-electron chi connectivity index (χ3n) is 4.42. The van der Waals surface area contributed by atoms with E-state index in [0.29, 0.717) is 5.95 Å². The van der Waals surface area contributed by atoms with Crippen LogP contribution in [0.25, 0.3) is 0 Å². The lowest BCUT2D eigenvalue weighted by Crippen LogP contribution is -2.29. The van der Waals surface area contributed by atoms with E-state index in [1.165, 1.54) is 43.5 Å². The summed E-state index contributed by atoms with van der Waals surface area (Å²) in [6.45, 7) is 4.44. The fraction of sp³-hybridized carbons (Fsp3) is 0.556. The van der Waals surface area contributed by atoms with Crippen molar-refractivity contribution in [1.29, 1.82) is 0 Å². The number of nitrogens with one attached hydrogen (secondary N) is 1. The summed E-state index contributed by atoms with van der Waals surface area (Å²) < 4.78 is 1.67. The molecule has 6 nitrogen and oxygen atoms in total. The van der Waals surface area contributed by atoms with Crippen molar-refractivity contribution in [3.8, 4) is 0 Å². The molecule has 1 aromatic heterocycles. The van der Waals surface area contributed by atoms with Gasteiger partial charge < -0.3 is 11.1 Å². The Balaban J connectivity index is 1.39.